The number of benzene rings is 1. The molecule has 7 nitrogen and oxygen atoms in total. The van der Waals surface area contributed by atoms with E-state index in [2.05, 4.69) is 15.3 Å². The second-order valence-electron chi connectivity index (χ2n) is 7.06. The Bertz CT molecular complexity index is 769. The van der Waals surface area contributed by atoms with Gasteiger partial charge in [0, 0.05) is 32.6 Å². The fourth-order valence-corrected chi connectivity index (χ4v) is 3.92. The molecule has 7 heteroatoms. The van der Waals surface area contributed by atoms with Crippen LogP contribution in [0.5, 0.6) is 0 Å². The van der Waals surface area contributed by atoms with Gasteiger partial charge in [-0.1, -0.05) is 12.1 Å². The van der Waals surface area contributed by atoms with Crippen molar-refractivity contribution in [2.75, 3.05) is 26.2 Å². The number of H-pyrrole nitrogens is 1. The molecule has 0 spiro atoms. The van der Waals surface area contributed by atoms with Gasteiger partial charge in [0.1, 0.15) is 5.82 Å². The quantitative estimate of drug-likeness (QED) is 0.884. The Morgan fingerprint density at radius 2 is 2.12 bits per heavy atom. The van der Waals surface area contributed by atoms with Crippen molar-refractivity contribution in [1.29, 1.82) is 0 Å². The molecule has 3 amide bonds. The smallest absolute Gasteiger partial charge is 0.318 e. The van der Waals surface area contributed by atoms with Crippen LogP contribution in [0.3, 0.4) is 0 Å². The molecule has 1 aromatic heterocycles. The Morgan fingerprint density at radius 3 is 2.96 bits per heavy atom. The first-order valence-electron chi connectivity index (χ1n) is 9.49. The van der Waals surface area contributed by atoms with Gasteiger partial charge in [-0.3, -0.25) is 4.79 Å². The third-order valence-corrected chi connectivity index (χ3v) is 5.32. The monoisotopic (exact) mass is 355 g/mol. The lowest BCUT2D eigenvalue weighted by atomic mass is 10.1. The summed E-state index contributed by atoms with van der Waals surface area (Å²) < 4.78 is 0. The normalized spacial score (nSPS) is 20.8. The molecular formula is C19H25N5O2. The van der Waals surface area contributed by atoms with Crippen molar-refractivity contribution in [1.82, 2.24) is 25.1 Å². The number of hydrogen-bond acceptors (Lipinski definition) is 3. The number of hydrogen-bond donors (Lipinski definition) is 2. The molecule has 138 valence electrons. The highest BCUT2D eigenvalue weighted by Gasteiger charge is 2.32. The maximum atomic E-state index is 12.6. The number of amides is 3. The fraction of sp³-hybridized carbons (Fsp3) is 0.526. The van der Waals surface area contributed by atoms with Gasteiger partial charge in [-0.05, 0) is 37.8 Å². The summed E-state index contributed by atoms with van der Waals surface area (Å²) in [6, 6.07) is 7.83. The Labute approximate surface area is 152 Å². The summed E-state index contributed by atoms with van der Waals surface area (Å²) in [5.74, 6) is 1.05. The molecule has 2 fully saturated rings. The van der Waals surface area contributed by atoms with Crippen molar-refractivity contribution in [2.24, 2.45) is 0 Å². The minimum absolute atomic E-state index is 0.0148. The number of para-hydroxylation sites is 2. The molecule has 2 aliphatic rings. The predicted octanol–water partition coefficient (Wildman–Crippen LogP) is 2.42. The molecule has 2 N–H and O–H groups in total. The van der Waals surface area contributed by atoms with E-state index in [0.29, 0.717) is 19.5 Å². The highest BCUT2D eigenvalue weighted by molar-refractivity contribution is 5.78. The molecule has 26 heavy (non-hydrogen) atoms. The number of nitrogens with zero attached hydrogens (tertiary/aromatic N) is 3. The maximum absolute atomic E-state index is 12.6. The first kappa shape index (κ1) is 16.9. The van der Waals surface area contributed by atoms with Crippen molar-refractivity contribution in [3.63, 3.8) is 0 Å². The van der Waals surface area contributed by atoms with Crippen molar-refractivity contribution in [3.05, 3.63) is 30.1 Å². The van der Waals surface area contributed by atoms with Gasteiger partial charge in [0.15, 0.2) is 0 Å². The van der Waals surface area contributed by atoms with Gasteiger partial charge in [-0.15, -0.1) is 0 Å². The number of nitrogens with one attached hydrogen (secondary N) is 2. The average molecular weight is 355 g/mol. The lowest BCUT2D eigenvalue weighted by Gasteiger charge is -2.28. The molecule has 2 saturated heterocycles. The number of aromatic amines is 1. The van der Waals surface area contributed by atoms with E-state index in [0.717, 1.165) is 55.6 Å². The van der Waals surface area contributed by atoms with Crippen LogP contribution >= 0.6 is 0 Å². The standard InChI is InChI=1S/C19H25N5O2/c25-17-9-3-4-11-23(17)13-10-20-19(26)24-12-5-8-16(24)18-21-14-6-1-2-7-15(14)22-18/h1-2,6-7,16H,3-5,8-13H2,(H,20,26)(H,21,22)/t16-/m0/s1. The summed E-state index contributed by atoms with van der Waals surface area (Å²) in [5, 5.41) is 2.98. The minimum Gasteiger partial charge on any atom is -0.341 e. The molecule has 2 aliphatic heterocycles. The molecular weight excluding hydrogens is 330 g/mol. The van der Waals surface area contributed by atoms with Crippen LogP contribution in [0.4, 0.5) is 4.79 Å². The summed E-state index contributed by atoms with van der Waals surface area (Å²) in [5.41, 5.74) is 1.93. The first-order chi connectivity index (χ1) is 12.7. The first-order valence-corrected chi connectivity index (χ1v) is 9.49. The van der Waals surface area contributed by atoms with Gasteiger partial charge < -0.3 is 20.1 Å². The third kappa shape index (κ3) is 3.38. The van der Waals surface area contributed by atoms with E-state index in [1.54, 1.807) is 0 Å². The maximum Gasteiger partial charge on any atom is 0.318 e. The van der Waals surface area contributed by atoms with Crippen molar-refractivity contribution in [3.8, 4) is 0 Å². The van der Waals surface area contributed by atoms with E-state index in [9.17, 15) is 9.59 Å². The summed E-state index contributed by atoms with van der Waals surface area (Å²) >= 11 is 0. The van der Waals surface area contributed by atoms with Crippen LogP contribution in [0.25, 0.3) is 11.0 Å². The third-order valence-electron chi connectivity index (χ3n) is 5.32. The van der Waals surface area contributed by atoms with Gasteiger partial charge in [0.05, 0.1) is 17.1 Å². The fourth-order valence-electron chi connectivity index (χ4n) is 3.92. The van der Waals surface area contributed by atoms with E-state index < -0.39 is 0 Å². The SMILES string of the molecule is O=C1CCCCN1CCNC(=O)N1CCC[C@H]1c1nc2ccccc2[nH]1. The molecule has 0 unspecified atom stereocenters. The molecule has 3 heterocycles. The highest BCUT2D eigenvalue weighted by Crippen LogP contribution is 2.31. The summed E-state index contributed by atoms with van der Waals surface area (Å²) in [6.07, 6.45) is 4.56. The highest BCUT2D eigenvalue weighted by atomic mass is 16.2. The van der Waals surface area contributed by atoms with Crippen LogP contribution in [0.2, 0.25) is 0 Å². The van der Waals surface area contributed by atoms with E-state index >= 15 is 0 Å². The molecule has 1 atom stereocenters. The Kier molecular flexibility index (Phi) is 4.77. The number of imidazole rings is 1. The van der Waals surface area contributed by atoms with Gasteiger partial charge in [0.25, 0.3) is 0 Å². The summed E-state index contributed by atoms with van der Waals surface area (Å²) in [4.78, 5) is 36.2. The number of carbonyl (C=O) groups excluding carboxylic acids is 2. The zero-order valence-corrected chi connectivity index (χ0v) is 14.9. The number of urea groups is 1. The number of rotatable bonds is 4. The van der Waals surface area contributed by atoms with E-state index in [-0.39, 0.29) is 18.0 Å². The van der Waals surface area contributed by atoms with Crippen LogP contribution in [0.15, 0.2) is 24.3 Å². The molecule has 4 rings (SSSR count). The summed E-state index contributed by atoms with van der Waals surface area (Å²) in [7, 11) is 0. The van der Waals surface area contributed by atoms with Gasteiger partial charge in [-0.25, -0.2) is 9.78 Å². The molecule has 0 bridgehead atoms. The predicted molar refractivity (Wildman–Crippen MR) is 98.6 cm³/mol. The molecule has 2 aromatic rings. The lowest BCUT2D eigenvalue weighted by molar-refractivity contribution is -0.133. The molecule has 1 aromatic carbocycles. The number of aromatic nitrogens is 2. The van der Waals surface area contributed by atoms with Crippen molar-refractivity contribution in [2.45, 2.75) is 38.1 Å². The second kappa shape index (κ2) is 7.35. The Morgan fingerprint density at radius 1 is 1.23 bits per heavy atom. The zero-order chi connectivity index (χ0) is 17.9. The Balaban J connectivity index is 1.36. The van der Waals surface area contributed by atoms with E-state index in [1.165, 1.54) is 0 Å². The molecule has 0 radical (unpaired) electrons. The molecule has 0 aliphatic carbocycles. The number of carbonyl (C=O) groups is 2. The van der Waals surface area contributed by atoms with Crippen LogP contribution in [0, 0.1) is 0 Å². The lowest BCUT2D eigenvalue weighted by Crippen LogP contribution is -2.45. The van der Waals surface area contributed by atoms with Crippen LogP contribution in [-0.4, -0.2) is 57.9 Å². The average Bonchev–Trinajstić information content (AvgIpc) is 3.29. The number of piperidine rings is 1. The van der Waals surface area contributed by atoms with Crippen LogP contribution in [0.1, 0.15) is 44.0 Å². The summed E-state index contributed by atoms with van der Waals surface area (Å²) in [6.45, 7) is 2.62. The van der Waals surface area contributed by atoms with E-state index in [4.69, 9.17) is 0 Å². The number of fused-ring (bicyclic) bond motifs is 1. The van der Waals surface area contributed by atoms with E-state index in [1.807, 2.05) is 34.1 Å². The van der Waals surface area contributed by atoms with Crippen LogP contribution < -0.4 is 5.32 Å². The zero-order valence-electron chi connectivity index (χ0n) is 14.9. The minimum atomic E-state index is -0.0718. The van der Waals surface area contributed by atoms with Gasteiger partial charge in [0.2, 0.25) is 5.91 Å². The van der Waals surface area contributed by atoms with Crippen molar-refractivity contribution < 1.29 is 9.59 Å². The Hall–Kier alpha value is -2.57. The van der Waals surface area contributed by atoms with Crippen LogP contribution in [-0.2, 0) is 4.79 Å². The second-order valence-corrected chi connectivity index (χ2v) is 7.06. The van der Waals surface area contributed by atoms with Gasteiger partial charge >= 0.3 is 6.03 Å². The molecule has 0 saturated carbocycles. The largest absolute Gasteiger partial charge is 0.341 e. The van der Waals surface area contributed by atoms with Crippen molar-refractivity contribution >= 4 is 23.0 Å². The van der Waals surface area contributed by atoms with Gasteiger partial charge in [-0.2, -0.15) is 0 Å². The number of likely N-dealkylation sites (tertiary alicyclic amines) is 2. The topological polar surface area (TPSA) is 81.3 Å².